The number of halogens is 2. The fraction of sp³-hybridized carbons (Fsp3) is 0.500. The summed E-state index contributed by atoms with van der Waals surface area (Å²) in [7, 11) is -3.47. The van der Waals surface area contributed by atoms with Crippen molar-refractivity contribution in [3.05, 3.63) is 27.1 Å². The molecule has 3 nitrogen and oxygen atoms in total. The molecule has 0 aliphatic rings. The molecule has 102 valence electrons. The van der Waals surface area contributed by atoms with Crippen LogP contribution in [0.15, 0.2) is 32.0 Å². The Kier molecular flexibility index (Phi) is 6.30. The molecule has 18 heavy (non-hydrogen) atoms. The fourth-order valence-electron chi connectivity index (χ4n) is 1.66. The summed E-state index contributed by atoms with van der Waals surface area (Å²) < 4.78 is 28.6. The number of sulfonamides is 1. The first-order valence-electron chi connectivity index (χ1n) is 5.88. The number of benzene rings is 1. The largest absolute Gasteiger partial charge is 0.241 e. The van der Waals surface area contributed by atoms with Crippen LogP contribution in [0.4, 0.5) is 0 Å². The van der Waals surface area contributed by atoms with E-state index in [1.165, 1.54) is 0 Å². The van der Waals surface area contributed by atoms with E-state index >= 15 is 0 Å². The van der Waals surface area contributed by atoms with Crippen LogP contribution in [0, 0.1) is 0 Å². The summed E-state index contributed by atoms with van der Waals surface area (Å²) in [6, 6.07) is 5.11. The third-order valence-electron chi connectivity index (χ3n) is 2.63. The van der Waals surface area contributed by atoms with Crippen molar-refractivity contribution >= 4 is 41.9 Å². The highest BCUT2D eigenvalue weighted by Gasteiger charge is 2.21. The normalized spacial score (nSPS) is 13.6. The summed E-state index contributed by atoms with van der Waals surface area (Å²) in [5.74, 6) is 0. The maximum Gasteiger partial charge on any atom is 0.241 e. The van der Waals surface area contributed by atoms with Crippen LogP contribution in [0.25, 0.3) is 0 Å². The molecule has 0 amide bonds. The van der Waals surface area contributed by atoms with Crippen LogP contribution in [0.5, 0.6) is 0 Å². The molecule has 1 aromatic carbocycles. The van der Waals surface area contributed by atoms with E-state index in [2.05, 4.69) is 36.6 Å². The summed E-state index contributed by atoms with van der Waals surface area (Å²) >= 11 is 6.57. The lowest BCUT2D eigenvalue weighted by molar-refractivity contribution is 0.512. The number of hydrogen-bond acceptors (Lipinski definition) is 2. The second-order valence-corrected chi connectivity index (χ2v) is 7.54. The molecule has 6 heteroatoms. The van der Waals surface area contributed by atoms with Crippen LogP contribution in [0.2, 0.25) is 0 Å². The van der Waals surface area contributed by atoms with Gasteiger partial charge in [0.05, 0.1) is 4.90 Å². The molecule has 0 aliphatic carbocycles. The highest BCUT2D eigenvalue weighted by molar-refractivity contribution is 9.11. The van der Waals surface area contributed by atoms with E-state index in [-0.39, 0.29) is 10.9 Å². The quantitative estimate of drug-likeness (QED) is 0.784. The van der Waals surface area contributed by atoms with Gasteiger partial charge in [0.15, 0.2) is 0 Å². The molecular formula is C12H17Br2NO2S. The number of nitrogens with one attached hydrogen (secondary N) is 1. The predicted octanol–water partition coefficient (Wildman–Crippen LogP) is 4.07. The molecule has 1 aromatic rings. The monoisotopic (exact) mass is 397 g/mol. The summed E-state index contributed by atoms with van der Waals surface area (Å²) in [4.78, 5) is 0.270. The second-order valence-electron chi connectivity index (χ2n) is 4.09. The minimum atomic E-state index is -3.47. The summed E-state index contributed by atoms with van der Waals surface area (Å²) in [6.07, 6.45) is 2.60. The maximum atomic E-state index is 12.3. The van der Waals surface area contributed by atoms with Crippen molar-refractivity contribution in [2.75, 3.05) is 0 Å². The lowest BCUT2D eigenvalue weighted by atomic mass is 10.1. The minimum absolute atomic E-state index is 0.00844. The second kappa shape index (κ2) is 7.03. The molecule has 1 unspecified atom stereocenters. The molecule has 1 N–H and O–H groups in total. The van der Waals surface area contributed by atoms with Gasteiger partial charge in [-0.3, -0.25) is 0 Å². The summed E-state index contributed by atoms with van der Waals surface area (Å²) in [5.41, 5.74) is 0. The average molecular weight is 399 g/mol. The van der Waals surface area contributed by atoms with E-state index in [1.807, 2.05) is 13.8 Å². The topological polar surface area (TPSA) is 46.2 Å². The standard InChI is InChI=1S/C12H17Br2NO2S/c1-3-5-10(4-2)15-18(16,17)12-8-9(13)6-7-11(12)14/h6-8,10,15H,3-5H2,1-2H3. The van der Waals surface area contributed by atoms with Crippen molar-refractivity contribution in [3.8, 4) is 0 Å². The molecule has 0 spiro atoms. The zero-order valence-electron chi connectivity index (χ0n) is 10.4. The lowest BCUT2D eigenvalue weighted by Gasteiger charge is -2.17. The zero-order chi connectivity index (χ0) is 13.8. The molecule has 0 aromatic heterocycles. The van der Waals surface area contributed by atoms with E-state index in [9.17, 15) is 8.42 Å². The molecule has 0 radical (unpaired) electrons. The van der Waals surface area contributed by atoms with Crippen LogP contribution >= 0.6 is 31.9 Å². The predicted molar refractivity (Wildman–Crippen MR) is 81.2 cm³/mol. The van der Waals surface area contributed by atoms with Gasteiger partial charge in [0, 0.05) is 15.0 Å². The van der Waals surface area contributed by atoms with Gasteiger partial charge < -0.3 is 0 Å². The Morgan fingerprint density at radius 3 is 2.50 bits per heavy atom. The Labute approximate surface area is 126 Å². The van der Waals surface area contributed by atoms with Gasteiger partial charge in [-0.05, 0) is 47.0 Å². The Balaban J connectivity index is 3.02. The van der Waals surface area contributed by atoms with Gasteiger partial charge in [-0.2, -0.15) is 0 Å². The Morgan fingerprint density at radius 2 is 1.94 bits per heavy atom. The summed E-state index contributed by atoms with van der Waals surface area (Å²) in [5, 5.41) is 0. The van der Waals surface area contributed by atoms with Crippen molar-refractivity contribution in [2.45, 2.75) is 44.0 Å². The highest BCUT2D eigenvalue weighted by Crippen LogP contribution is 2.26. The van der Waals surface area contributed by atoms with E-state index in [0.29, 0.717) is 4.47 Å². The van der Waals surface area contributed by atoms with E-state index in [1.54, 1.807) is 18.2 Å². The third kappa shape index (κ3) is 4.33. The van der Waals surface area contributed by atoms with Gasteiger partial charge in [0.25, 0.3) is 0 Å². The van der Waals surface area contributed by atoms with Gasteiger partial charge >= 0.3 is 0 Å². The average Bonchev–Trinajstić information content (AvgIpc) is 2.31. The van der Waals surface area contributed by atoms with Crippen LogP contribution in [-0.2, 0) is 10.0 Å². The fourth-order valence-corrected chi connectivity index (χ4v) is 4.52. The van der Waals surface area contributed by atoms with Gasteiger partial charge in [0.1, 0.15) is 0 Å². The number of rotatable bonds is 6. The third-order valence-corrected chi connectivity index (χ3v) is 5.64. The van der Waals surface area contributed by atoms with Crippen molar-refractivity contribution in [1.29, 1.82) is 0 Å². The molecule has 0 saturated heterocycles. The van der Waals surface area contributed by atoms with Gasteiger partial charge in [-0.1, -0.05) is 36.2 Å². The van der Waals surface area contributed by atoms with Crippen molar-refractivity contribution in [3.63, 3.8) is 0 Å². The number of hydrogen-bond donors (Lipinski definition) is 1. The van der Waals surface area contributed by atoms with Gasteiger partial charge in [-0.25, -0.2) is 13.1 Å². The maximum absolute atomic E-state index is 12.3. The zero-order valence-corrected chi connectivity index (χ0v) is 14.4. The molecule has 1 rings (SSSR count). The van der Waals surface area contributed by atoms with Crippen molar-refractivity contribution in [2.24, 2.45) is 0 Å². The highest BCUT2D eigenvalue weighted by atomic mass is 79.9. The molecule has 1 atom stereocenters. The van der Waals surface area contributed by atoms with E-state index in [4.69, 9.17) is 0 Å². The molecule has 0 bridgehead atoms. The van der Waals surface area contributed by atoms with E-state index in [0.717, 1.165) is 23.7 Å². The Bertz CT molecular complexity index is 503. The minimum Gasteiger partial charge on any atom is -0.208 e. The first kappa shape index (κ1) is 16.1. The Morgan fingerprint density at radius 1 is 1.28 bits per heavy atom. The van der Waals surface area contributed by atoms with Gasteiger partial charge in [-0.15, -0.1) is 0 Å². The van der Waals surface area contributed by atoms with E-state index < -0.39 is 10.0 Å². The van der Waals surface area contributed by atoms with Crippen LogP contribution < -0.4 is 4.72 Å². The molecule has 0 aliphatic heterocycles. The smallest absolute Gasteiger partial charge is 0.208 e. The first-order valence-corrected chi connectivity index (χ1v) is 8.95. The Hall–Kier alpha value is 0.0900. The summed E-state index contributed by atoms with van der Waals surface area (Å²) in [6.45, 7) is 4.03. The van der Waals surface area contributed by atoms with Crippen molar-refractivity contribution < 1.29 is 8.42 Å². The molecular weight excluding hydrogens is 382 g/mol. The molecule has 0 fully saturated rings. The van der Waals surface area contributed by atoms with Gasteiger partial charge in [0.2, 0.25) is 10.0 Å². The lowest BCUT2D eigenvalue weighted by Crippen LogP contribution is -2.34. The SMILES string of the molecule is CCCC(CC)NS(=O)(=O)c1cc(Br)ccc1Br. The molecule has 0 saturated carbocycles. The molecule has 0 heterocycles. The van der Waals surface area contributed by atoms with Crippen LogP contribution in [0.3, 0.4) is 0 Å². The first-order chi connectivity index (χ1) is 8.40. The van der Waals surface area contributed by atoms with Crippen molar-refractivity contribution in [1.82, 2.24) is 4.72 Å². The van der Waals surface area contributed by atoms with Crippen LogP contribution in [0.1, 0.15) is 33.1 Å². The van der Waals surface area contributed by atoms with Crippen LogP contribution in [-0.4, -0.2) is 14.5 Å².